The van der Waals surface area contributed by atoms with Gasteiger partial charge in [0.25, 0.3) is 5.91 Å². The maximum absolute atomic E-state index is 13.9. The molecule has 3 atom stereocenters. The van der Waals surface area contributed by atoms with Crippen molar-refractivity contribution in [2.24, 2.45) is 23.5 Å². The van der Waals surface area contributed by atoms with E-state index >= 15 is 0 Å². The molecule has 236 valence electrons. The molecule has 2 aliphatic carbocycles. The van der Waals surface area contributed by atoms with Crippen molar-refractivity contribution in [3.05, 3.63) is 66.1 Å². The summed E-state index contributed by atoms with van der Waals surface area (Å²) in [7, 11) is 1.69. The third-order valence-electron chi connectivity index (χ3n) is 10.8. The van der Waals surface area contributed by atoms with Crippen LogP contribution in [-0.2, 0) is 13.1 Å². The van der Waals surface area contributed by atoms with Gasteiger partial charge in [-0.05, 0) is 74.8 Å². The van der Waals surface area contributed by atoms with Crippen LogP contribution in [0.1, 0.15) is 41.9 Å². The summed E-state index contributed by atoms with van der Waals surface area (Å²) in [6.45, 7) is 6.23. The van der Waals surface area contributed by atoms with Gasteiger partial charge in [-0.1, -0.05) is 18.2 Å². The van der Waals surface area contributed by atoms with Crippen molar-refractivity contribution >= 4 is 33.7 Å². The molecule has 10 heteroatoms. The van der Waals surface area contributed by atoms with Crippen molar-refractivity contribution in [2.75, 3.05) is 31.6 Å². The lowest BCUT2D eigenvalue weighted by atomic mass is 9.99. The largest absolute Gasteiger partial charge is 0.494 e. The molecule has 9 rings (SSSR count). The Morgan fingerprint density at radius 3 is 2.52 bits per heavy atom. The number of para-hydroxylation sites is 1. The van der Waals surface area contributed by atoms with Gasteiger partial charge in [0.2, 0.25) is 0 Å². The van der Waals surface area contributed by atoms with E-state index in [0.717, 1.165) is 79.8 Å². The normalized spacial score (nSPS) is 22.7. The van der Waals surface area contributed by atoms with Crippen LogP contribution < -0.4 is 15.4 Å². The number of nitrogens with zero attached hydrogens (tertiary/aromatic N) is 7. The SMILES string of the molecule is COc1cc(C(=O)N2C[C@H]3CC[C@@H]2[C@@H]3N)cc2nc(-c3cc4ccccc4n3CC3CC3)n(CC3CN(c4ccnc(C)n4)C3)c12. The van der Waals surface area contributed by atoms with Crippen molar-refractivity contribution in [2.45, 2.75) is 57.8 Å². The lowest BCUT2D eigenvalue weighted by Gasteiger charge is -2.40. The number of imidazole rings is 1. The molecule has 5 heterocycles. The fourth-order valence-corrected chi connectivity index (χ4v) is 8.23. The summed E-state index contributed by atoms with van der Waals surface area (Å²) in [5.74, 6) is 4.88. The van der Waals surface area contributed by atoms with E-state index in [-0.39, 0.29) is 18.0 Å². The van der Waals surface area contributed by atoms with E-state index in [9.17, 15) is 4.79 Å². The van der Waals surface area contributed by atoms with Crippen LogP contribution in [-0.4, -0.2) is 73.7 Å². The van der Waals surface area contributed by atoms with Crippen molar-refractivity contribution in [1.29, 1.82) is 0 Å². The number of carbonyl (C=O) groups is 1. The van der Waals surface area contributed by atoms with E-state index in [0.29, 0.717) is 29.1 Å². The van der Waals surface area contributed by atoms with Crippen LogP contribution >= 0.6 is 0 Å². The third kappa shape index (κ3) is 4.48. The van der Waals surface area contributed by atoms with Crippen LogP contribution in [0, 0.1) is 24.7 Å². The van der Waals surface area contributed by atoms with E-state index in [1.165, 1.54) is 23.7 Å². The van der Waals surface area contributed by atoms with E-state index in [4.69, 9.17) is 15.5 Å². The molecule has 2 aromatic carbocycles. The predicted octanol–water partition coefficient (Wildman–Crippen LogP) is 4.87. The van der Waals surface area contributed by atoms with Crippen LogP contribution in [0.2, 0.25) is 0 Å². The Hall–Kier alpha value is -4.44. The molecule has 3 aromatic heterocycles. The first kappa shape index (κ1) is 27.8. The third-order valence-corrected chi connectivity index (χ3v) is 10.8. The molecule has 10 nitrogen and oxygen atoms in total. The zero-order valence-corrected chi connectivity index (χ0v) is 26.5. The Morgan fingerprint density at radius 2 is 1.78 bits per heavy atom. The molecule has 4 fully saturated rings. The van der Waals surface area contributed by atoms with Crippen LogP contribution in [0.5, 0.6) is 5.75 Å². The molecule has 0 unspecified atom stereocenters. The van der Waals surface area contributed by atoms with Gasteiger partial charge >= 0.3 is 0 Å². The molecule has 2 N–H and O–H groups in total. The summed E-state index contributed by atoms with van der Waals surface area (Å²) >= 11 is 0. The average molecular weight is 617 g/mol. The smallest absolute Gasteiger partial charge is 0.254 e. The number of methoxy groups -OCH3 is 1. The van der Waals surface area contributed by atoms with Crippen LogP contribution in [0.25, 0.3) is 33.5 Å². The number of rotatable bonds is 8. The van der Waals surface area contributed by atoms with Crippen molar-refractivity contribution in [1.82, 2.24) is 29.0 Å². The minimum absolute atomic E-state index is 0.0246. The van der Waals surface area contributed by atoms with Gasteiger partial charge in [0.15, 0.2) is 5.82 Å². The lowest BCUT2D eigenvalue weighted by Crippen LogP contribution is -2.49. The highest BCUT2D eigenvalue weighted by atomic mass is 16.5. The molecule has 2 saturated carbocycles. The number of amides is 1. The minimum Gasteiger partial charge on any atom is -0.494 e. The molecular formula is C36H40N8O2. The highest BCUT2D eigenvalue weighted by Crippen LogP contribution is 2.41. The molecule has 2 saturated heterocycles. The number of carbonyl (C=O) groups excluding carboxylic acids is 1. The molecule has 46 heavy (non-hydrogen) atoms. The first-order valence-electron chi connectivity index (χ1n) is 16.7. The Kier molecular flexibility index (Phi) is 6.39. The number of aryl methyl sites for hydroxylation is 1. The van der Waals surface area contributed by atoms with Gasteiger partial charge in [0.05, 0.1) is 18.3 Å². The maximum atomic E-state index is 13.9. The molecule has 2 bridgehead atoms. The topological polar surface area (TPSA) is 107 Å². The molecular weight excluding hydrogens is 576 g/mol. The standard InChI is InChI=1S/C36H40N8O2/c1-21-38-12-11-32(39-21)41-16-23(17-41)19-44-34-27(13-26(15-31(34)46-2)36(45)43-20-25-9-10-29(43)33(25)37)40-35(44)30-14-24-5-3-4-6-28(24)42(30)18-22-7-8-22/h3-6,11-15,22-23,25,29,33H,7-10,16-20,37H2,1-2H3/t25-,29-,33-/m1/s1. The molecule has 4 aliphatic rings. The summed E-state index contributed by atoms with van der Waals surface area (Å²) in [6.07, 6.45) is 6.45. The lowest BCUT2D eigenvalue weighted by molar-refractivity contribution is 0.0700. The average Bonchev–Trinajstić information content (AvgIpc) is 3.40. The van der Waals surface area contributed by atoms with Gasteiger partial charge in [0, 0.05) is 73.4 Å². The monoisotopic (exact) mass is 616 g/mol. The highest BCUT2D eigenvalue weighted by Gasteiger charge is 2.47. The molecule has 1 amide bonds. The van der Waals surface area contributed by atoms with E-state index in [1.807, 2.05) is 36.2 Å². The van der Waals surface area contributed by atoms with Gasteiger partial charge in [0.1, 0.15) is 22.9 Å². The molecule has 0 radical (unpaired) electrons. The van der Waals surface area contributed by atoms with Gasteiger partial charge < -0.3 is 29.4 Å². The van der Waals surface area contributed by atoms with Crippen LogP contribution in [0.3, 0.4) is 0 Å². The first-order valence-corrected chi connectivity index (χ1v) is 16.7. The number of nitrogens with two attached hydrogens (primary N) is 1. The first-order chi connectivity index (χ1) is 22.4. The molecule has 0 spiro atoms. The molecule has 5 aromatic rings. The fraction of sp³-hybridized carbons (Fsp3) is 0.444. The summed E-state index contributed by atoms with van der Waals surface area (Å²) in [5.41, 5.74) is 11.2. The number of benzene rings is 2. The number of ether oxygens (including phenoxy) is 1. The zero-order chi connectivity index (χ0) is 31.1. The van der Waals surface area contributed by atoms with Crippen molar-refractivity contribution in [3.63, 3.8) is 0 Å². The number of hydrogen-bond acceptors (Lipinski definition) is 7. The number of piperidine rings is 1. The summed E-state index contributed by atoms with van der Waals surface area (Å²) in [4.78, 5) is 32.5. The zero-order valence-electron chi connectivity index (χ0n) is 26.5. The summed E-state index contributed by atoms with van der Waals surface area (Å²) in [5, 5.41) is 1.22. The number of likely N-dealkylation sites (tertiary alicyclic amines) is 1. The fourth-order valence-electron chi connectivity index (χ4n) is 8.23. The predicted molar refractivity (Wildman–Crippen MR) is 178 cm³/mol. The highest BCUT2D eigenvalue weighted by molar-refractivity contribution is 6.00. The van der Waals surface area contributed by atoms with Crippen molar-refractivity contribution < 1.29 is 9.53 Å². The quantitative estimate of drug-likeness (QED) is 0.265. The number of hydrogen-bond donors (Lipinski definition) is 1. The second-order valence-electron chi connectivity index (χ2n) is 13.9. The Balaban J connectivity index is 1.14. The van der Waals surface area contributed by atoms with E-state index in [2.05, 4.69) is 54.3 Å². The number of aromatic nitrogens is 5. The van der Waals surface area contributed by atoms with Gasteiger partial charge in [-0.2, -0.15) is 0 Å². The summed E-state index contributed by atoms with van der Waals surface area (Å²) < 4.78 is 10.9. The summed E-state index contributed by atoms with van der Waals surface area (Å²) in [6, 6.07) is 17.0. The van der Waals surface area contributed by atoms with Gasteiger partial charge in [-0.3, -0.25) is 4.79 Å². The van der Waals surface area contributed by atoms with Gasteiger partial charge in [-0.15, -0.1) is 0 Å². The van der Waals surface area contributed by atoms with E-state index in [1.54, 1.807) is 7.11 Å². The van der Waals surface area contributed by atoms with Crippen molar-refractivity contribution in [3.8, 4) is 17.3 Å². The van der Waals surface area contributed by atoms with E-state index < -0.39 is 0 Å². The van der Waals surface area contributed by atoms with Gasteiger partial charge in [-0.25, -0.2) is 15.0 Å². The van der Waals surface area contributed by atoms with Crippen LogP contribution in [0.15, 0.2) is 54.7 Å². The second kappa shape index (κ2) is 10.6. The Bertz CT molecular complexity index is 1990. The molecule has 2 aliphatic heterocycles. The minimum atomic E-state index is 0.0246. The number of anilines is 1. The van der Waals surface area contributed by atoms with Crippen LogP contribution in [0.4, 0.5) is 5.82 Å². The number of fused-ring (bicyclic) bond motifs is 4. The second-order valence-corrected chi connectivity index (χ2v) is 13.9. The Labute approximate surface area is 268 Å². The Morgan fingerprint density at radius 1 is 0.957 bits per heavy atom. The maximum Gasteiger partial charge on any atom is 0.254 e.